The fourth-order valence-electron chi connectivity index (χ4n) is 1.20. The van der Waals surface area contributed by atoms with Crippen molar-refractivity contribution in [1.29, 1.82) is 0 Å². The van der Waals surface area contributed by atoms with Crippen LogP contribution in [0.1, 0.15) is 48.0 Å². The first kappa shape index (κ1) is 16.9. The first-order valence-corrected chi connectivity index (χ1v) is 6.61. The molecule has 0 amide bonds. The molecule has 17 heavy (non-hydrogen) atoms. The molecule has 3 nitrogen and oxygen atoms in total. The van der Waals surface area contributed by atoms with Gasteiger partial charge >= 0.3 is 0 Å². The maximum Gasteiger partial charge on any atom is 0.0701 e. The minimum absolute atomic E-state index is 0.173. The molecule has 0 bridgehead atoms. The van der Waals surface area contributed by atoms with Crippen molar-refractivity contribution in [3.63, 3.8) is 0 Å². The molecule has 0 aliphatic heterocycles. The van der Waals surface area contributed by atoms with Gasteiger partial charge in [-0.15, -0.1) is 0 Å². The summed E-state index contributed by atoms with van der Waals surface area (Å²) >= 11 is 0. The highest BCUT2D eigenvalue weighted by molar-refractivity contribution is 4.69. The zero-order chi connectivity index (χ0) is 13.4. The van der Waals surface area contributed by atoms with Crippen LogP contribution < -0.4 is 5.32 Å². The molecule has 0 rings (SSSR count). The molecule has 0 saturated carbocycles. The van der Waals surface area contributed by atoms with Crippen LogP contribution in [0.5, 0.6) is 0 Å². The molecular weight excluding hydrogens is 214 g/mol. The minimum atomic E-state index is 0.173. The van der Waals surface area contributed by atoms with E-state index in [2.05, 4.69) is 46.9 Å². The summed E-state index contributed by atoms with van der Waals surface area (Å²) in [7, 11) is 0. The van der Waals surface area contributed by atoms with E-state index in [0.717, 1.165) is 26.2 Å². The number of hydrogen-bond donors (Lipinski definition) is 1. The molecule has 1 N–H and O–H groups in total. The van der Waals surface area contributed by atoms with Crippen molar-refractivity contribution in [2.75, 3.05) is 33.0 Å². The largest absolute Gasteiger partial charge is 0.379 e. The second-order valence-corrected chi connectivity index (χ2v) is 6.71. The van der Waals surface area contributed by atoms with E-state index in [0.29, 0.717) is 18.6 Å². The fourth-order valence-corrected chi connectivity index (χ4v) is 1.20. The van der Waals surface area contributed by atoms with E-state index < -0.39 is 0 Å². The third kappa shape index (κ3) is 15.9. The number of rotatable bonds is 8. The summed E-state index contributed by atoms with van der Waals surface area (Å²) in [6, 6.07) is 0. The lowest BCUT2D eigenvalue weighted by Crippen LogP contribution is -2.38. The fraction of sp³-hybridized carbons (Fsp3) is 1.00. The van der Waals surface area contributed by atoms with Gasteiger partial charge in [0, 0.05) is 18.7 Å². The molecule has 0 aromatic rings. The summed E-state index contributed by atoms with van der Waals surface area (Å²) in [6.45, 7) is 17.0. The van der Waals surface area contributed by atoms with Gasteiger partial charge in [0.1, 0.15) is 0 Å². The Kier molecular flexibility index (Phi) is 8.01. The Bertz CT molecular complexity index is 160. The van der Waals surface area contributed by atoms with E-state index in [1.807, 2.05) is 0 Å². The lowest BCUT2D eigenvalue weighted by atomic mass is 9.93. The average Bonchev–Trinajstić information content (AvgIpc) is 2.11. The monoisotopic (exact) mass is 245 g/mol. The van der Waals surface area contributed by atoms with Crippen molar-refractivity contribution in [3.8, 4) is 0 Å². The Morgan fingerprint density at radius 3 is 1.76 bits per heavy atom. The molecule has 0 fully saturated rings. The van der Waals surface area contributed by atoms with Gasteiger partial charge in [0.05, 0.1) is 19.8 Å². The van der Waals surface area contributed by atoms with E-state index in [1.54, 1.807) is 0 Å². The van der Waals surface area contributed by atoms with Crippen molar-refractivity contribution in [3.05, 3.63) is 0 Å². The molecule has 0 saturated heterocycles. The zero-order valence-electron chi connectivity index (χ0n) is 12.6. The van der Waals surface area contributed by atoms with Gasteiger partial charge in [0.15, 0.2) is 0 Å². The Morgan fingerprint density at radius 2 is 1.29 bits per heavy atom. The molecule has 0 atom stereocenters. The van der Waals surface area contributed by atoms with Gasteiger partial charge in [-0.25, -0.2) is 0 Å². The average molecular weight is 245 g/mol. The van der Waals surface area contributed by atoms with Crippen molar-refractivity contribution in [2.24, 2.45) is 5.41 Å². The number of nitrogens with one attached hydrogen (secondary N) is 1. The summed E-state index contributed by atoms with van der Waals surface area (Å²) in [5, 5.41) is 3.38. The normalized spacial score (nSPS) is 13.1. The van der Waals surface area contributed by atoms with E-state index in [-0.39, 0.29) is 5.54 Å². The standard InChI is InChI=1S/C14H31NO2/c1-13(2,3)7-9-16-11-12-17-10-8-15-14(4,5)6/h15H,7-12H2,1-6H3. The Morgan fingerprint density at radius 1 is 0.765 bits per heavy atom. The summed E-state index contributed by atoms with van der Waals surface area (Å²) < 4.78 is 11.0. The van der Waals surface area contributed by atoms with Gasteiger partial charge in [-0.2, -0.15) is 0 Å². The first-order valence-electron chi connectivity index (χ1n) is 6.61. The molecule has 3 heteroatoms. The maximum atomic E-state index is 5.51. The maximum absolute atomic E-state index is 5.51. The van der Waals surface area contributed by atoms with Crippen LogP contribution in [0, 0.1) is 5.41 Å². The van der Waals surface area contributed by atoms with Crippen LogP contribution in [0.2, 0.25) is 0 Å². The van der Waals surface area contributed by atoms with Gasteiger partial charge in [0.25, 0.3) is 0 Å². The zero-order valence-corrected chi connectivity index (χ0v) is 12.6. The summed E-state index contributed by atoms with van der Waals surface area (Å²) in [4.78, 5) is 0. The van der Waals surface area contributed by atoms with Crippen LogP contribution in [-0.2, 0) is 9.47 Å². The van der Waals surface area contributed by atoms with E-state index in [1.165, 1.54) is 0 Å². The van der Waals surface area contributed by atoms with Crippen LogP contribution in [0.25, 0.3) is 0 Å². The third-order valence-corrected chi connectivity index (χ3v) is 2.27. The lowest BCUT2D eigenvalue weighted by Gasteiger charge is -2.20. The van der Waals surface area contributed by atoms with Gasteiger partial charge in [0.2, 0.25) is 0 Å². The highest BCUT2D eigenvalue weighted by Crippen LogP contribution is 2.17. The van der Waals surface area contributed by atoms with E-state index in [4.69, 9.17) is 9.47 Å². The van der Waals surface area contributed by atoms with Gasteiger partial charge in [-0.05, 0) is 32.6 Å². The molecule has 0 aromatic carbocycles. The molecular formula is C14H31NO2. The molecule has 0 aliphatic rings. The van der Waals surface area contributed by atoms with Crippen molar-refractivity contribution in [1.82, 2.24) is 5.32 Å². The molecule has 0 heterocycles. The van der Waals surface area contributed by atoms with Gasteiger partial charge in [-0.3, -0.25) is 0 Å². The second-order valence-electron chi connectivity index (χ2n) is 6.71. The minimum Gasteiger partial charge on any atom is -0.379 e. The van der Waals surface area contributed by atoms with Gasteiger partial charge in [-0.1, -0.05) is 20.8 Å². The Balaban J connectivity index is 3.15. The first-order chi connectivity index (χ1) is 7.71. The highest BCUT2D eigenvalue weighted by Gasteiger charge is 2.09. The van der Waals surface area contributed by atoms with Gasteiger partial charge < -0.3 is 14.8 Å². The number of ether oxygens (including phenoxy) is 2. The Hall–Kier alpha value is -0.120. The molecule has 0 unspecified atom stereocenters. The van der Waals surface area contributed by atoms with Crippen LogP contribution in [-0.4, -0.2) is 38.5 Å². The van der Waals surface area contributed by atoms with Crippen LogP contribution in [0.15, 0.2) is 0 Å². The lowest BCUT2D eigenvalue weighted by molar-refractivity contribution is 0.0386. The molecule has 104 valence electrons. The summed E-state index contributed by atoms with van der Waals surface area (Å²) in [6.07, 6.45) is 1.10. The molecule has 0 aromatic heterocycles. The molecule has 0 spiro atoms. The van der Waals surface area contributed by atoms with Crippen LogP contribution in [0.3, 0.4) is 0 Å². The number of hydrogen-bond acceptors (Lipinski definition) is 3. The summed E-state index contributed by atoms with van der Waals surface area (Å²) in [5.74, 6) is 0. The molecule has 0 radical (unpaired) electrons. The van der Waals surface area contributed by atoms with E-state index >= 15 is 0 Å². The predicted octanol–water partition coefficient (Wildman–Crippen LogP) is 2.84. The predicted molar refractivity (Wildman–Crippen MR) is 73.5 cm³/mol. The summed E-state index contributed by atoms with van der Waals surface area (Å²) in [5.41, 5.74) is 0.532. The van der Waals surface area contributed by atoms with Crippen molar-refractivity contribution >= 4 is 0 Å². The second kappa shape index (κ2) is 8.06. The Labute approximate surface area is 107 Å². The highest BCUT2D eigenvalue weighted by atomic mass is 16.5. The SMILES string of the molecule is CC(C)(C)CCOCCOCCNC(C)(C)C. The third-order valence-electron chi connectivity index (χ3n) is 2.27. The smallest absolute Gasteiger partial charge is 0.0701 e. The van der Waals surface area contributed by atoms with Crippen molar-refractivity contribution in [2.45, 2.75) is 53.5 Å². The van der Waals surface area contributed by atoms with E-state index in [9.17, 15) is 0 Å². The quantitative estimate of drug-likeness (QED) is 0.667. The van der Waals surface area contributed by atoms with Crippen LogP contribution >= 0.6 is 0 Å². The molecule has 0 aliphatic carbocycles. The van der Waals surface area contributed by atoms with Crippen molar-refractivity contribution < 1.29 is 9.47 Å². The van der Waals surface area contributed by atoms with Crippen LogP contribution in [0.4, 0.5) is 0 Å². The topological polar surface area (TPSA) is 30.5 Å².